The van der Waals surface area contributed by atoms with Crippen molar-refractivity contribution < 1.29 is 9.53 Å². The van der Waals surface area contributed by atoms with E-state index in [-0.39, 0.29) is 17.3 Å². The predicted molar refractivity (Wildman–Crippen MR) is 40.6 cm³/mol. The van der Waals surface area contributed by atoms with E-state index < -0.39 is 0 Å². The highest BCUT2D eigenvalue weighted by atomic mass is 16.5. The molecule has 2 atom stereocenters. The molecule has 0 saturated heterocycles. The Morgan fingerprint density at radius 3 is 2.73 bits per heavy atom. The minimum absolute atomic E-state index is 0.0417. The van der Waals surface area contributed by atoms with Crippen LogP contribution >= 0.6 is 0 Å². The van der Waals surface area contributed by atoms with Crippen molar-refractivity contribution in [1.29, 1.82) is 0 Å². The third kappa shape index (κ3) is 0.753. The van der Waals surface area contributed by atoms with E-state index in [0.29, 0.717) is 5.92 Å². The van der Waals surface area contributed by atoms with Crippen molar-refractivity contribution in [2.75, 3.05) is 0 Å². The van der Waals surface area contributed by atoms with Crippen molar-refractivity contribution in [2.24, 2.45) is 17.3 Å². The van der Waals surface area contributed by atoms with Gasteiger partial charge in [0.05, 0.1) is 5.92 Å². The molecule has 0 aromatic rings. The maximum absolute atomic E-state index is 11.2. The monoisotopic (exact) mass is 152 g/mol. The molecule has 60 valence electrons. The SMILES string of the molecule is CC1=C[C@@H]2[C@@H](C(=O)O1)C2(C)C. The summed E-state index contributed by atoms with van der Waals surface area (Å²) in [5.74, 6) is 1.29. The second-order valence-corrected chi connectivity index (χ2v) is 4.02. The quantitative estimate of drug-likeness (QED) is 0.494. The number of allylic oxidation sites excluding steroid dienone is 2. The molecule has 2 nitrogen and oxygen atoms in total. The molecule has 0 aromatic carbocycles. The van der Waals surface area contributed by atoms with Crippen LogP contribution in [-0.2, 0) is 9.53 Å². The van der Waals surface area contributed by atoms with Crippen LogP contribution in [0.25, 0.3) is 0 Å². The zero-order valence-electron chi connectivity index (χ0n) is 7.05. The third-order valence-corrected chi connectivity index (χ3v) is 2.84. The normalized spacial score (nSPS) is 38.8. The van der Waals surface area contributed by atoms with Crippen LogP contribution in [0.1, 0.15) is 20.8 Å². The summed E-state index contributed by atoms with van der Waals surface area (Å²) in [7, 11) is 0. The summed E-state index contributed by atoms with van der Waals surface area (Å²) in [5, 5.41) is 0. The smallest absolute Gasteiger partial charge is 0.315 e. The lowest BCUT2D eigenvalue weighted by atomic mass is 10.1. The van der Waals surface area contributed by atoms with Crippen LogP contribution in [0.15, 0.2) is 11.8 Å². The Bertz CT molecular complexity index is 250. The van der Waals surface area contributed by atoms with Gasteiger partial charge in [-0.15, -0.1) is 0 Å². The maximum Gasteiger partial charge on any atom is 0.315 e. The second kappa shape index (κ2) is 1.68. The first-order valence-corrected chi connectivity index (χ1v) is 3.93. The summed E-state index contributed by atoms with van der Waals surface area (Å²) in [6.07, 6.45) is 2.06. The van der Waals surface area contributed by atoms with Crippen molar-refractivity contribution in [1.82, 2.24) is 0 Å². The molecule has 0 radical (unpaired) electrons. The van der Waals surface area contributed by atoms with Gasteiger partial charge in [0.1, 0.15) is 5.76 Å². The molecule has 1 fully saturated rings. The number of fused-ring (bicyclic) bond motifs is 1. The molecule has 1 aliphatic carbocycles. The number of hydrogen-bond donors (Lipinski definition) is 0. The van der Waals surface area contributed by atoms with E-state index >= 15 is 0 Å². The average Bonchev–Trinajstić information content (AvgIpc) is 2.34. The highest BCUT2D eigenvalue weighted by molar-refractivity contribution is 5.80. The molecule has 0 unspecified atom stereocenters. The number of carbonyl (C=O) groups is 1. The van der Waals surface area contributed by atoms with E-state index in [0.717, 1.165) is 5.76 Å². The maximum atomic E-state index is 11.2. The van der Waals surface area contributed by atoms with Crippen LogP contribution in [0.3, 0.4) is 0 Å². The molecule has 1 heterocycles. The lowest BCUT2D eigenvalue weighted by molar-refractivity contribution is -0.142. The fourth-order valence-corrected chi connectivity index (χ4v) is 1.95. The van der Waals surface area contributed by atoms with E-state index in [9.17, 15) is 4.79 Å². The Morgan fingerprint density at radius 1 is 1.55 bits per heavy atom. The Kier molecular flexibility index (Phi) is 1.05. The fraction of sp³-hybridized carbons (Fsp3) is 0.667. The highest BCUT2D eigenvalue weighted by Crippen LogP contribution is 2.61. The topological polar surface area (TPSA) is 26.3 Å². The first-order chi connectivity index (χ1) is 5.03. The third-order valence-electron chi connectivity index (χ3n) is 2.84. The molecule has 1 saturated carbocycles. The van der Waals surface area contributed by atoms with Crippen molar-refractivity contribution in [3.63, 3.8) is 0 Å². The molecule has 0 amide bonds. The number of carbonyl (C=O) groups excluding carboxylic acids is 1. The minimum atomic E-state index is -0.0417. The summed E-state index contributed by atoms with van der Waals surface area (Å²) in [5.41, 5.74) is 0.148. The van der Waals surface area contributed by atoms with Crippen LogP contribution in [0.5, 0.6) is 0 Å². The number of rotatable bonds is 0. The molecular weight excluding hydrogens is 140 g/mol. The number of ether oxygens (including phenoxy) is 1. The standard InChI is InChI=1S/C9H12O2/c1-5-4-6-7(8(10)11-5)9(6,2)3/h4,6-7H,1-3H3/t6-,7+/m1/s1. The van der Waals surface area contributed by atoms with Crippen molar-refractivity contribution >= 4 is 5.97 Å². The summed E-state index contributed by atoms with van der Waals surface area (Å²) in [6.45, 7) is 6.06. The van der Waals surface area contributed by atoms with Gasteiger partial charge in [0.2, 0.25) is 0 Å². The van der Waals surface area contributed by atoms with Gasteiger partial charge in [-0.1, -0.05) is 13.8 Å². The zero-order chi connectivity index (χ0) is 8.22. The largest absolute Gasteiger partial charge is 0.431 e. The number of cyclic esters (lactones) is 1. The molecular formula is C9H12O2. The van der Waals surface area contributed by atoms with Crippen molar-refractivity contribution in [2.45, 2.75) is 20.8 Å². The lowest BCUT2D eigenvalue weighted by Crippen LogP contribution is -2.11. The second-order valence-electron chi connectivity index (χ2n) is 4.02. The molecule has 0 aromatic heterocycles. The molecule has 11 heavy (non-hydrogen) atoms. The van der Waals surface area contributed by atoms with Gasteiger partial charge in [-0.2, -0.15) is 0 Å². The van der Waals surface area contributed by atoms with E-state index in [1.165, 1.54) is 0 Å². The van der Waals surface area contributed by atoms with E-state index in [1.807, 2.05) is 6.92 Å². The minimum Gasteiger partial charge on any atom is -0.431 e. The average molecular weight is 152 g/mol. The zero-order valence-corrected chi connectivity index (χ0v) is 7.05. The van der Waals surface area contributed by atoms with Crippen LogP contribution < -0.4 is 0 Å². The van der Waals surface area contributed by atoms with Crippen LogP contribution in [-0.4, -0.2) is 5.97 Å². The molecule has 2 heteroatoms. The fourth-order valence-electron chi connectivity index (χ4n) is 1.95. The summed E-state index contributed by atoms with van der Waals surface area (Å²) >= 11 is 0. The Morgan fingerprint density at radius 2 is 2.18 bits per heavy atom. The predicted octanol–water partition coefficient (Wildman–Crippen LogP) is 1.72. The molecule has 0 bridgehead atoms. The Labute approximate surface area is 66.2 Å². The van der Waals surface area contributed by atoms with Crippen LogP contribution in [0, 0.1) is 17.3 Å². The number of hydrogen-bond acceptors (Lipinski definition) is 2. The molecule has 0 N–H and O–H groups in total. The lowest BCUT2D eigenvalue weighted by Gasteiger charge is -2.06. The first kappa shape index (κ1) is 6.89. The van der Waals surface area contributed by atoms with Crippen molar-refractivity contribution in [3.8, 4) is 0 Å². The molecule has 0 spiro atoms. The van der Waals surface area contributed by atoms with Gasteiger partial charge in [0.25, 0.3) is 0 Å². The molecule has 2 rings (SSSR count). The van der Waals surface area contributed by atoms with Crippen LogP contribution in [0.2, 0.25) is 0 Å². The van der Waals surface area contributed by atoms with Crippen molar-refractivity contribution in [3.05, 3.63) is 11.8 Å². The van der Waals surface area contributed by atoms with Gasteiger partial charge < -0.3 is 4.74 Å². The van der Waals surface area contributed by atoms with E-state index in [4.69, 9.17) is 4.74 Å². The van der Waals surface area contributed by atoms with Gasteiger partial charge >= 0.3 is 5.97 Å². The van der Waals surface area contributed by atoms with Gasteiger partial charge in [-0.25, -0.2) is 0 Å². The van der Waals surface area contributed by atoms with E-state index in [2.05, 4.69) is 19.9 Å². The highest BCUT2D eigenvalue weighted by Gasteiger charge is 2.63. The van der Waals surface area contributed by atoms with Crippen LogP contribution in [0.4, 0.5) is 0 Å². The summed E-state index contributed by atoms with van der Waals surface area (Å²) in [4.78, 5) is 11.2. The first-order valence-electron chi connectivity index (χ1n) is 3.93. The van der Waals surface area contributed by atoms with Gasteiger partial charge in [-0.3, -0.25) is 4.79 Å². The Hall–Kier alpha value is -0.790. The summed E-state index contributed by atoms with van der Waals surface area (Å²) < 4.78 is 5.00. The van der Waals surface area contributed by atoms with Gasteiger partial charge in [-0.05, 0) is 18.4 Å². The number of esters is 1. The van der Waals surface area contributed by atoms with Gasteiger partial charge in [0.15, 0.2) is 0 Å². The molecule has 2 aliphatic rings. The molecule has 1 aliphatic heterocycles. The van der Waals surface area contributed by atoms with E-state index in [1.54, 1.807) is 0 Å². The Balaban J connectivity index is 2.32. The summed E-state index contributed by atoms with van der Waals surface area (Å²) in [6, 6.07) is 0. The van der Waals surface area contributed by atoms with Gasteiger partial charge in [0, 0.05) is 5.92 Å².